The van der Waals surface area contributed by atoms with E-state index < -0.39 is 16.1 Å². The van der Waals surface area contributed by atoms with Crippen LogP contribution in [0.4, 0.5) is 9.93 Å². The van der Waals surface area contributed by atoms with Crippen LogP contribution < -0.4 is 5.32 Å². The zero-order chi connectivity index (χ0) is 24.5. The van der Waals surface area contributed by atoms with E-state index in [0.29, 0.717) is 10.7 Å². The zero-order valence-corrected chi connectivity index (χ0v) is 20.8. The number of ether oxygens (including phenoxy) is 1. The van der Waals surface area contributed by atoms with Gasteiger partial charge >= 0.3 is 6.09 Å². The van der Waals surface area contributed by atoms with Crippen molar-refractivity contribution in [3.05, 3.63) is 53.1 Å². The molecule has 0 aliphatic carbocycles. The van der Waals surface area contributed by atoms with Gasteiger partial charge in [0.25, 0.3) is 5.91 Å². The van der Waals surface area contributed by atoms with E-state index in [4.69, 9.17) is 4.74 Å². The molecule has 3 aromatic rings. The molecule has 1 N–H and O–H groups in total. The average molecular weight is 503 g/mol. The van der Waals surface area contributed by atoms with Crippen molar-refractivity contribution in [1.82, 2.24) is 14.2 Å². The van der Waals surface area contributed by atoms with Crippen LogP contribution in [0.3, 0.4) is 0 Å². The van der Waals surface area contributed by atoms with Crippen molar-refractivity contribution >= 4 is 48.7 Å². The molecule has 11 heteroatoms. The minimum absolute atomic E-state index is 0.0971. The average Bonchev–Trinajstić information content (AvgIpc) is 3.27. The van der Waals surface area contributed by atoms with Crippen LogP contribution in [-0.2, 0) is 14.8 Å². The van der Waals surface area contributed by atoms with Crippen molar-refractivity contribution < 1.29 is 22.7 Å². The summed E-state index contributed by atoms with van der Waals surface area (Å²) in [5.41, 5.74) is 3.33. The quantitative estimate of drug-likeness (QED) is 0.571. The van der Waals surface area contributed by atoms with E-state index in [0.717, 1.165) is 21.3 Å². The number of nitrogens with zero attached hydrogens (tertiary/aromatic N) is 3. The molecule has 1 aliphatic heterocycles. The Morgan fingerprint density at radius 2 is 1.68 bits per heavy atom. The van der Waals surface area contributed by atoms with Gasteiger partial charge in [-0.2, -0.15) is 4.31 Å². The van der Waals surface area contributed by atoms with Gasteiger partial charge in [0.1, 0.15) is 0 Å². The van der Waals surface area contributed by atoms with E-state index in [1.807, 2.05) is 26.0 Å². The molecule has 1 aliphatic rings. The molecule has 180 valence electrons. The molecule has 2 heterocycles. The Labute approximate surface area is 202 Å². The maximum atomic E-state index is 13.0. The number of anilines is 1. The van der Waals surface area contributed by atoms with Gasteiger partial charge in [0.05, 0.1) is 21.7 Å². The third kappa shape index (κ3) is 4.77. The number of carbonyl (C=O) groups is 2. The Hall–Kier alpha value is -3.02. The summed E-state index contributed by atoms with van der Waals surface area (Å²) < 4.78 is 33.3. The summed E-state index contributed by atoms with van der Waals surface area (Å²) in [5.74, 6) is -0.360. The van der Waals surface area contributed by atoms with Crippen LogP contribution >= 0.6 is 11.3 Å². The van der Waals surface area contributed by atoms with E-state index in [2.05, 4.69) is 10.3 Å². The molecular weight excluding hydrogens is 476 g/mol. The molecule has 1 fully saturated rings. The van der Waals surface area contributed by atoms with E-state index >= 15 is 0 Å². The van der Waals surface area contributed by atoms with Gasteiger partial charge in [0.2, 0.25) is 10.0 Å². The molecule has 1 aromatic heterocycles. The molecule has 2 aromatic carbocycles. The number of thiazole rings is 1. The first kappa shape index (κ1) is 24.1. The Morgan fingerprint density at radius 3 is 2.29 bits per heavy atom. The topological polar surface area (TPSA) is 109 Å². The van der Waals surface area contributed by atoms with Gasteiger partial charge in [0, 0.05) is 31.7 Å². The van der Waals surface area contributed by atoms with Gasteiger partial charge in [-0.15, -0.1) is 0 Å². The van der Waals surface area contributed by atoms with E-state index in [-0.39, 0.29) is 43.6 Å². The highest BCUT2D eigenvalue weighted by molar-refractivity contribution is 7.89. The summed E-state index contributed by atoms with van der Waals surface area (Å²) in [7, 11) is -3.74. The van der Waals surface area contributed by atoms with Crippen molar-refractivity contribution in [2.45, 2.75) is 25.7 Å². The first-order valence-electron chi connectivity index (χ1n) is 10.9. The number of carbonyl (C=O) groups excluding carboxylic acids is 2. The zero-order valence-electron chi connectivity index (χ0n) is 19.2. The molecule has 34 heavy (non-hydrogen) atoms. The fourth-order valence-corrected chi connectivity index (χ4v) is 6.16. The minimum Gasteiger partial charge on any atom is -0.450 e. The molecule has 0 spiro atoms. The predicted octanol–water partition coefficient (Wildman–Crippen LogP) is 3.63. The van der Waals surface area contributed by atoms with Crippen LogP contribution in [0.15, 0.2) is 41.3 Å². The Bertz CT molecular complexity index is 1290. The number of benzene rings is 2. The summed E-state index contributed by atoms with van der Waals surface area (Å²) in [6.07, 6.45) is -0.437. The Kier molecular flexibility index (Phi) is 6.87. The lowest BCUT2D eigenvalue weighted by molar-refractivity contribution is 0.0933. The highest BCUT2D eigenvalue weighted by atomic mass is 32.2. The van der Waals surface area contributed by atoms with E-state index in [9.17, 15) is 18.0 Å². The monoisotopic (exact) mass is 502 g/mol. The highest BCUT2D eigenvalue weighted by Gasteiger charge is 2.30. The van der Waals surface area contributed by atoms with Crippen molar-refractivity contribution in [3.8, 4) is 0 Å². The van der Waals surface area contributed by atoms with Crippen molar-refractivity contribution in [1.29, 1.82) is 0 Å². The lowest BCUT2D eigenvalue weighted by Crippen LogP contribution is -2.50. The third-order valence-electron chi connectivity index (χ3n) is 5.68. The number of nitrogens with one attached hydrogen (secondary N) is 1. The second-order valence-electron chi connectivity index (χ2n) is 7.96. The SMILES string of the molecule is CCOC(=O)N1CCN(S(=O)(=O)c2ccc(C(=O)Nc3nc4c(C)ccc(C)c4s3)cc2)CC1. The first-order chi connectivity index (χ1) is 16.2. The molecule has 9 nitrogen and oxygen atoms in total. The highest BCUT2D eigenvalue weighted by Crippen LogP contribution is 2.31. The molecule has 1 saturated heterocycles. The molecule has 0 atom stereocenters. The molecular formula is C23H26N4O5S2. The number of amides is 2. The van der Waals surface area contributed by atoms with Gasteiger partial charge in [-0.25, -0.2) is 18.2 Å². The number of fused-ring (bicyclic) bond motifs is 1. The number of piperazine rings is 1. The number of rotatable bonds is 5. The van der Waals surface area contributed by atoms with Gasteiger partial charge in [-0.3, -0.25) is 10.1 Å². The maximum Gasteiger partial charge on any atom is 0.409 e. The second-order valence-corrected chi connectivity index (χ2v) is 10.9. The number of aromatic nitrogens is 1. The van der Waals surface area contributed by atoms with Crippen molar-refractivity contribution in [2.75, 3.05) is 38.1 Å². The minimum atomic E-state index is -3.74. The molecule has 0 bridgehead atoms. The summed E-state index contributed by atoms with van der Waals surface area (Å²) in [6, 6.07) is 9.85. The standard InChI is InChI=1S/C23H26N4O5S2/c1-4-32-23(29)26-11-13-27(14-12-26)34(30,31)18-9-7-17(8-10-18)21(28)25-22-24-19-15(2)5-6-16(3)20(19)33-22/h5-10H,4,11-14H2,1-3H3,(H,24,25,28). The summed E-state index contributed by atoms with van der Waals surface area (Å²) >= 11 is 1.41. The van der Waals surface area contributed by atoms with Crippen LogP contribution in [0.2, 0.25) is 0 Å². The second kappa shape index (κ2) is 9.69. The molecule has 0 saturated carbocycles. The van der Waals surface area contributed by atoms with Crippen LogP contribution in [-0.4, -0.2) is 67.4 Å². The maximum absolute atomic E-state index is 13.0. The van der Waals surface area contributed by atoms with E-state index in [1.165, 1.54) is 44.8 Å². The van der Waals surface area contributed by atoms with Crippen LogP contribution in [0.5, 0.6) is 0 Å². The molecule has 2 amide bonds. The lowest BCUT2D eigenvalue weighted by Gasteiger charge is -2.33. The van der Waals surface area contributed by atoms with Gasteiger partial charge in [-0.05, 0) is 56.2 Å². The first-order valence-corrected chi connectivity index (χ1v) is 13.2. The largest absolute Gasteiger partial charge is 0.450 e. The lowest BCUT2D eigenvalue weighted by atomic mass is 10.1. The van der Waals surface area contributed by atoms with Crippen LogP contribution in [0.25, 0.3) is 10.2 Å². The van der Waals surface area contributed by atoms with Gasteiger partial charge < -0.3 is 9.64 Å². The number of aryl methyl sites for hydroxylation is 2. The van der Waals surface area contributed by atoms with Gasteiger partial charge in [0.15, 0.2) is 5.13 Å². The van der Waals surface area contributed by atoms with E-state index in [1.54, 1.807) is 6.92 Å². The fraction of sp³-hybridized carbons (Fsp3) is 0.348. The molecule has 4 rings (SSSR count). The summed E-state index contributed by atoms with van der Waals surface area (Å²) in [4.78, 5) is 30.7. The van der Waals surface area contributed by atoms with Crippen molar-refractivity contribution in [3.63, 3.8) is 0 Å². The van der Waals surface area contributed by atoms with Gasteiger partial charge in [-0.1, -0.05) is 23.5 Å². The number of hydrogen-bond donors (Lipinski definition) is 1. The molecule has 0 radical (unpaired) electrons. The van der Waals surface area contributed by atoms with Crippen LogP contribution in [0, 0.1) is 13.8 Å². The smallest absolute Gasteiger partial charge is 0.409 e. The molecule has 0 unspecified atom stereocenters. The Morgan fingerprint density at radius 1 is 1.03 bits per heavy atom. The number of sulfonamides is 1. The fourth-order valence-electron chi connectivity index (χ4n) is 3.74. The predicted molar refractivity (Wildman–Crippen MR) is 131 cm³/mol. The summed E-state index contributed by atoms with van der Waals surface area (Å²) in [5, 5.41) is 3.30. The van der Waals surface area contributed by atoms with Crippen molar-refractivity contribution in [2.24, 2.45) is 0 Å². The van der Waals surface area contributed by atoms with Crippen LogP contribution in [0.1, 0.15) is 28.4 Å². The summed E-state index contributed by atoms with van der Waals surface area (Å²) in [6.45, 7) is 6.86. The normalized spacial score (nSPS) is 14.9. The third-order valence-corrected chi connectivity index (χ3v) is 8.70. The number of hydrogen-bond acceptors (Lipinski definition) is 7. The Balaban J connectivity index is 1.43.